The van der Waals surface area contributed by atoms with Crippen LogP contribution in [0.5, 0.6) is 0 Å². The first-order valence-corrected chi connectivity index (χ1v) is 7.82. The Morgan fingerprint density at radius 2 is 2.35 bits per heavy atom. The summed E-state index contributed by atoms with van der Waals surface area (Å²) in [5, 5.41) is 23.5. The highest BCUT2D eigenvalue weighted by Gasteiger charge is 2.25. The molecule has 2 aromatic heterocycles. The van der Waals surface area contributed by atoms with E-state index in [4.69, 9.17) is 5.11 Å². The van der Waals surface area contributed by atoms with Gasteiger partial charge in [-0.3, -0.25) is 14.7 Å². The van der Waals surface area contributed by atoms with Gasteiger partial charge in [0.15, 0.2) is 0 Å². The van der Waals surface area contributed by atoms with E-state index >= 15 is 0 Å². The minimum Gasteiger partial charge on any atom is -0.394 e. The van der Waals surface area contributed by atoms with Gasteiger partial charge >= 0.3 is 6.03 Å². The van der Waals surface area contributed by atoms with Gasteiger partial charge in [-0.05, 0) is 26.2 Å². The average molecular weight is 318 g/mol. The predicted octanol–water partition coefficient (Wildman–Crippen LogP) is 1.12. The number of fused-ring (bicyclic) bond motifs is 1. The van der Waals surface area contributed by atoms with Crippen molar-refractivity contribution in [2.24, 2.45) is 7.05 Å². The van der Waals surface area contributed by atoms with Crippen LogP contribution in [0.2, 0.25) is 0 Å². The van der Waals surface area contributed by atoms with Crippen LogP contribution in [0.3, 0.4) is 0 Å². The zero-order valence-electron chi connectivity index (χ0n) is 13.4. The van der Waals surface area contributed by atoms with Crippen molar-refractivity contribution in [2.75, 3.05) is 11.9 Å². The molecule has 23 heavy (non-hydrogen) atoms. The number of carbonyl (C=O) groups excluding carboxylic acids is 1. The third-order valence-electron chi connectivity index (χ3n) is 4.12. The van der Waals surface area contributed by atoms with E-state index in [1.807, 2.05) is 17.7 Å². The van der Waals surface area contributed by atoms with Crippen LogP contribution in [-0.2, 0) is 20.0 Å². The Labute approximate surface area is 134 Å². The predicted molar refractivity (Wildman–Crippen MR) is 85.1 cm³/mol. The fourth-order valence-corrected chi connectivity index (χ4v) is 3.09. The Balaban J connectivity index is 1.69. The fourth-order valence-electron chi connectivity index (χ4n) is 3.09. The van der Waals surface area contributed by atoms with Gasteiger partial charge in [-0.2, -0.15) is 10.2 Å². The summed E-state index contributed by atoms with van der Waals surface area (Å²) in [6.07, 6.45) is 4.59. The molecule has 8 heteroatoms. The highest BCUT2D eigenvalue weighted by Crippen LogP contribution is 2.29. The van der Waals surface area contributed by atoms with E-state index in [0.29, 0.717) is 12.4 Å². The van der Waals surface area contributed by atoms with E-state index in [9.17, 15) is 4.79 Å². The standard InChI is InChI=1S/C15H22N6O2/c1-10-8-14(20(2)19-10)18-15(23)17-12-4-3-5-13-11(12)9-16-21(13)6-7-22/h8-9,12,22H,3-7H2,1-2H3,(H2,17,18,23)/t12-/m1/s1. The highest BCUT2D eigenvalue weighted by atomic mass is 16.3. The first-order valence-electron chi connectivity index (χ1n) is 7.82. The maximum Gasteiger partial charge on any atom is 0.320 e. The Hall–Kier alpha value is -2.35. The molecule has 3 N–H and O–H groups in total. The number of hydrogen-bond donors (Lipinski definition) is 3. The van der Waals surface area contributed by atoms with Crippen LogP contribution < -0.4 is 10.6 Å². The lowest BCUT2D eigenvalue weighted by Gasteiger charge is -2.24. The molecule has 2 aromatic rings. The number of anilines is 1. The molecule has 8 nitrogen and oxygen atoms in total. The van der Waals surface area contributed by atoms with Crippen molar-refractivity contribution in [2.45, 2.75) is 38.8 Å². The molecule has 0 aromatic carbocycles. The zero-order valence-corrected chi connectivity index (χ0v) is 13.4. The van der Waals surface area contributed by atoms with Crippen LogP contribution >= 0.6 is 0 Å². The van der Waals surface area contributed by atoms with Crippen molar-refractivity contribution < 1.29 is 9.90 Å². The number of nitrogens with zero attached hydrogens (tertiary/aromatic N) is 4. The van der Waals surface area contributed by atoms with Crippen LogP contribution in [0.4, 0.5) is 10.6 Å². The number of hydrogen-bond acceptors (Lipinski definition) is 4. The Morgan fingerprint density at radius 3 is 3.04 bits per heavy atom. The van der Waals surface area contributed by atoms with Gasteiger partial charge in [-0.1, -0.05) is 0 Å². The number of aryl methyl sites for hydroxylation is 2. The minimum absolute atomic E-state index is 0.0551. The number of aliphatic hydroxyl groups is 1. The molecular weight excluding hydrogens is 296 g/mol. The van der Waals surface area contributed by atoms with E-state index in [1.165, 1.54) is 0 Å². The molecule has 2 heterocycles. The maximum atomic E-state index is 12.3. The monoisotopic (exact) mass is 318 g/mol. The zero-order chi connectivity index (χ0) is 16.4. The molecule has 0 unspecified atom stereocenters. The van der Waals surface area contributed by atoms with Crippen LogP contribution in [0, 0.1) is 6.92 Å². The number of nitrogens with one attached hydrogen (secondary N) is 2. The van der Waals surface area contributed by atoms with Crippen molar-refractivity contribution >= 4 is 11.8 Å². The van der Waals surface area contributed by atoms with E-state index in [-0.39, 0.29) is 18.7 Å². The van der Waals surface area contributed by atoms with Crippen LogP contribution in [0.25, 0.3) is 0 Å². The highest BCUT2D eigenvalue weighted by molar-refractivity contribution is 5.88. The van der Waals surface area contributed by atoms with Gasteiger partial charge in [0.2, 0.25) is 0 Å². The number of rotatable bonds is 4. The summed E-state index contributed by atoms with van der Waals surface area (Å²) in [5.74, 6) is 0.659. The van der Waals surface area contributed by atoms with E-state index in [0.717, 1.165) is 36.2 Å². The van der Waals surface area contributed by atoms with Gasteiger partial charge in [0.25, 0.3) is 0 Å². The molecule has 0 aliphatic heterocycles. The number of aromatic nitrogens is 4. The lowest BCUT2D eigenvalue weighted by atomic mass is 9.93. The molecule has 0 bridgehead atoms. The molecule has 1 aliphatic rings. The summed E-state index contributed by atoms with van der Waals surface area (Å²) in [7, 11) is 1.79. The molecule has 3 rings (SSSR count). The Bertz CT molecular complexity index is 705. The first kappa shape index (κ1) is 15.5. The van der Waals surface area contributed by atoms with Gasteiger partial charge < -0.3 is 10.4 Å². The number of carbonyl (C=O) groups is 1. The molecule has 0 saturated heterocycles. The normalized spacial score (nSPS) is 16.9. The average Bonchev–Trinajstić information content (AvgIpc) is 3.04. The number of urea groups is 1. The SMILES string of the molecule is Cc1cc(NC(=O)N[C@@H]2CCCc3c2cnn3CCO)n(C)n1. The number of aliphatic hydroxyl groups excluding tert-OH is 1. The third kappa shape index (κ3) is 3.21. The maximum absolute atomic E-state index is 12.3. The number of amides is 2. The summed E-state index contributed by atoms with van der Waals surface area (Å²) in [6, 6.07) is 1.52. The minimum atomic E-state index is -0.249. The van der Waals surface area contributed by atoms with Crippen molar-refractivity contribution in [3.8, 4) is 0 Å². The van der Waals surface area contributed by atoms with Gasteiger partial charge in [0.05, 0.1) is 31.1 Å². The molecule has 0 radical (unpaired) electrons. The summed E-state index contributed by atoms with van der Waals surface area (Å²) in [5.41, 5.74) is 3.00. The van der Waals surface area contributed by atoms with Gasteiger partial charge in [0, 0.05) is 24.4 Å². The van der Waals surface area contributed by atoms with Crippen molar-refractivity contribution in [3.63, 3.8) is 0 Å². The van der Waals surface area contributed by atoms with E-state index < -0.39 is 0 Å². The van der Waals surface area contributed by atoms with Gasteiger partial charge in [0.1, 0.15) is 5.82 Å². The second-order valence-corrected chi connectivity index (χ2v) is 5.83. The molecule has 1 aliphatic carbocycles. The largest absolute Gasteiger partial charge is 0.394 e. The van der Waals surface area contributed by atoms with E-state index in [2.05, 4.69) is 20.8 Å². The second kappa shape index (κ2) is 6.41. The van der Waals surface area contributed by atoms with Crippen molar-refractivity contribution in [1.29, 1.82) is 0 Å². The third-order valence-corrected chi connectivity index (χ3v) is 4.12. The van der Waals surface area contributed by atoms with Crippen LogP contribution in [0.1, 0.15) is 35.8 Å². The first-order chi connectivity index (χ1) is 11.1. The Morgan fingerprint density at radius 1 is 1.52 bits per heavy atom. The van der Waals surface area contributed by atoms with Gasteiger partial charge in [-0.15, -0.1) is 0 Å². The quantitative estimate of drug-likeness (QED) is 0.787. The molecule has 0 saturated carbocycles. The molecule has 1 atom stereocenters. The smallest absolute Gasteiger partial charge is 0.320 e. The lowest BCUT2D eigenvalue weighted by Crippen LogP contribution is -2.34. The Kier molecular flexibility index (Phi) is 4.33. The van der Waals surface area contributed by atoms with Crippen molar-refractivity contribution in [1.82, 2.24) is 24.9 Å². The molecule has 0 spiro atoms. The molecule has 124 valence electrons. The molecule has 2 amide bonds. The fraction of sp³-hybridized carbons (Fsp3) is 0.533. The van der Waals surface area contributed by atoms with Crippen LogP contribution in [-0.4, -0.2) is 37.3 Å². The molecular formula is C15H22N6O2. The second-order valence-electron chi connectivity index (χ2n) is 5.83. The van der Waals surface area contributed by atoms with Crippen molar-refractivity contribution in [3.05, 3.63) is 29.2 Å². The molecule has 0 fully saturated rings. The summed E-state index contributed by atoms with van der Waals surface area (Å²) in [4.78, 5) is 12.3. The summed E-state index contributed by atoms with van der Waals surface area (Å²) < 4.78 is 3.46. The lowest BCUT2D eigenvalue weighted by molar-refractivity contribution is 0.246. The summed E-state index contributed by atoms with van der Waals surface area (Å²) in [6.45, 7) is 2.43. The van der Waals surface area contributed by atoms with Gasteiger partial charge in [-0.25, -0.2) is 4.79 Å². The topological polar surface area (TPSA) is 97.0 Å². The van der Waals surface area contributed by atoms with Crippen LogP contribution in [0.15, 0.2) is 12.3 Å². The summed E-state index contributed by atoms with van der Waals surface area (Å²) >= 11 is 0. The van der Waals surface area contributed by atoms with E-state index in [1.54, 1.807) is 17.9 Å².